The molecule has 0 bridgehead atoms. The Labute approximate surface area is 119 Å². The predicted molar refractivity (Wildman–Crippen MR) is 69.4 cm³/mol. The van der Waals surface area contributed by atoms with Crippen LogP contribution in [0.1, 0.15) is 26.7 Å². The van der Waals surface area contributed by atoms with Crippen molar-refractivity contribution in [1.29, 1.82) is 0 Å². The fourth-order valence-electron chi connectivity index (χ4n) is 1.81. The highest BCUT2D eigenvalue weighted by Gasteiger charge is 2.36. The minimum absolute atomic E-state index is 0.0840. The van der Waals surface area contributed by atoms with E-state index in [0.29, 0.717) is 12.1 Å². The molecule has 0 saturated heterocycles. The molecule has 0 radical (unpaired) electrons. The van der Waals surface area contributed by atoms with Gasteiger partial charge in [0.05, 0.1) is 0 Å². The third kappa shape index (κ3) is 3.65. The smallest absolute Gasteiger partial charge is 0.329 e. The summed E-state index contributed by atoms with van der Waals surface area (Å²) < 4.78 is 39.5. The lowest BCUT2D eigenvalue weighted by atomic mass is 9.93. The Hall–Kier alpha value is -2.25. The van der Waals surface area contributed by atoms with Gasteiger partial charge < -0.3 is 15.7 Å². The summed E-state index contributed by atoms with van der Waals surface area (Å²) >= 11 is 0. The third-order valence-electron chi connectivity index (χ3n) is 3.21. The number of hydrogen-bond donors (Lipinski definition) is 3. The van der Waals surface area contributed by atoms with E-state index in [1.807, 2.05) is 5.32 Å². The standard InChI is InChI=1S/C13H15F3N2O3/c1-3-13(4-2,11(19)20)18-12(21)17-10-8(15)5-7(14)6-9(10)16/h5-6H,3-4H2,1-2H3,(H,19,20)(H2,17,18,21). The van der Waals surface area contributed by atoms with E-state index in [-0.39, 0.29) is 12.8 Å². The van der Waals surface area contributed by atoms with Crippen LogP contribution in [0.2, 0.25) is 0 Å². The lowest BCUT2D eigenvalue weighted by Crippen LogP contribution is -2.55. The van der Waals surface area contributed by atoms with Gasteiger partial charge in [0, 0.05) is 12.1 Å². The number of halogens is 3. The SMILES string of the molecule is CCC(CC)(NC(=O)Nc1c(F)cc(F)cc1F)C(=O)O. The second-order valence-corrected chi connectivity index (χ2v) is 4.42. The van der Waals surface area contributed by atoms with Crippen molar-refractivity contribution in [2.45, 2.75) is 32.2 Å². The van der Waals surface area contributed by atoms with Gasteiger partial charge in [-0.15, -0.1) is 0 Å². The molecule has 1 aromatic carbocycles. The molecule has 0 spiro atoms. The van der Waals surface area contributed by atoms with Crippen LogP contribution in [-0.2, 0) is 4.79 Å². The average Bonchev–Trinajstić information content (AvgIpc) is 2.40. The number of carbonyl (C=O) groups excluding carboxylic acids is 1. The highest BCUT2D eigenvalue weighted by atomic mass is 19.1. The summed E-state index contributed by atoms with van der Waals surface area (Å²) in [5.41, 5.74) is -2.39. The first-order valence-electron chi connectivity index (χ1n) is 6.22. The van der Waals surface area contributed by atoms with Crippen LogP contribution in [-0.4, -0.2) is 22.6 Å². The number of carboxylic acid groups (broad SMARTS) is 1. The monoisotopic (exact) mass is 304 g/mol. The molecule has 5 nitrogen and oxygen atoms in total. The van der Waals surface area contributed by atoms with Gasteiger partial charge in [0.15, 0.2) is 11.6 Å². The van der Waals surface area contributed by atoms with Crippen LogP contribution in [0.15, 0.2) is 12.1 Å². The number of aliphatic carboxylic acids is 1. The van der Waals surface area contributed by atoms with E-state index in [0.717, 1.165) is 0 Å². The number of rotatable bonds is 5. The van der Waals surface area contributed by atoms with Gasteiger partial charge in [-0.05, 0) is 12.8 Å². The molecule has 0 aliphatic rings. The van der Waals surface area contributed by atoms with Crippen molar-refractivity contribution in [3.05, 3.63) is 29.6 Å². The van der Waals surface area contributed by atoms with Crippen LogP contribution >= 0.6 is 0 Å². The lowest BCUT2D eigenvalue weighted by molar-refractivity contribution is -0.144. The molecule has 0 aliphatic heterocycles. The molecule has 0 aromatic heterocycles. The quantitative estimate of drug-likeness (QED) is 0.782. The fraction of sp³-hybridized carbons (Fsp3) is 0.385. The summed E-state index contributed by atoms with van der Waals surface area (Å²) in [6.07, 6.45) is 0.168. The van der Waals surface area contributed by atoms with Crippen molar-refractivity contribution in [2.24, 2.45) is 0 Å². The summed E-state index contributed by atoms with van der Waals surface area (Å²) in [6.45, 7) is 3.11. The topological polar surface area (TPSA) is 78.4 Å². The highest BCUT2D eigenvalue weighted by Crippen LogP contribution is 2.21. The van der Waals surface area contributed by atoms with Crippen molar-refractivity contribution in [1.82, 2.24) is 5.32 Å². The average molecular weight is 304 g/mol. The Morgan fingerprint density at radius 1 is 1.14 bits per heavy atom. The van der Waals surface area contributed by atoms with E-state index in [4.69, 9.17) is 5.11 Å². The largest absolute Gasteiger partial charge is 0.480 e. The van der Waals surface area contributed by atoms with Crippen molar-refractivity contribution >= 4 is 17.7 Å². The number of nitrogens with one attached hydrogen (secondary N) is 2. The molecule has 3 N–H and O–H groups in total. The zero-order chi connectivity index (χ0) is 16.2. The predicted octanol–water partition coefficient (Wildman–Crippen LogP) is 2.87. The molecule has 0 saturated carbocycles. The second-order valence-electron chi connectivity index (χ2n) is 4.42. The van der Waals surface area contributed by atoms with Gasteiger partial charge in [0.25, 0.3) is 0 Å². The van der Waals surface area contributed by atoms with E-state index in [9.17, 15) is 22.8 Å². The van der Waals surface area contributed by atoms with E-state index in [1.165, 1.54) is 0 Å². The van der Waals surface area contributed by atoms with Crippen LogP contribution in [0.3, 0.4) is 0 Å². The van der Waals surface area contributed by atoms with E-state index >= 15 is 0 Å². The number of carboxylic acids is 1. The van der Waals surface area contributed by atoms with Gasteiger partial charge in [-0.25, -0.2) is 22.8 Å². The molecule has 0 fully saturated rings. The van der Waals surface area contributed by atoms with Crippen LogP contribution < -0.4 is 10.6 Å². The number of anilines is 1. The van der Waals surface area contributed by atoms with Crippen molar-refractivity contribution in [3.8, 4) is 0 Å². The number of urea groups is 1. The zero-order valence-corrected chi connectivity index (χ0v) is 11.5. The molecule has 1 rings (SSSR count). The molecule has 2 amide bonds. The second kappa shape index (κ2) is 6.47. The normalized spacial score (nSPS) is 11.1. The molecular formula is C13H15F3N2O3. The van der Waals surface area contributed by atoms with Gasteiger partial charge in [0.2, 0.25) is 0 Å². The van der Waals surface area contributed by atoms with E-state index < -0.39 is 40.7 Å². The number of benzene rings is 1. The van der Waals surface area contributed by atoms with Crippen LogP contribution in [0, 0.1) is 17.5 Å². The highest BCUT2D eigenvalue weighted by molar-refractivity contribution is 5.94. The Morgan fingerprint density at radius 3 is 2.00 bits per heavy atom. The maximum absolute atomic E-state index is 13.4. The summed E-state index contributed by atoms with van der Waals surface area (Å²) in [7, 11) is 0. The first kappa shape index (κ1) is 16.8. The zero-order valence-electron chi connectivity index (χ0n) is 11.5. The summed E-state index contributed by atoms with van der Waals surface area (Å²) in [5, 5.41) is 13.2. The van der Waals surface area contributed by atoms with E-state index in [1.54, 1.807) is 13.8 Å². The summed E-state index contributed by atoms with van der Waals surface area (Å²) in [4.78, 5) is 22.9. The third-order valence-corrected chi connectivity index (χ3v) is 3.21. The maximum Gasteiger partial charge on any atom is 0.329 e. The van der Waals surface area contributed by atoms with Crippen molar-refractivity contribution < 1.29 is 27.9 Å². The molecule has 0 unspecified atom stereocenters. The number of carbonyl (C=O) groups is 2. The van der Waals surface area contributed by atoms with Gasteiger partial charge >= 0.3 is 12.0 Å². The van der Waals surface area contributed by atoms with Crippen molar-refractivity contribution in [3.63, 3.8) is 0 Å². The van der Waals surface area contributed by atoms with E-state index in [2.05, 4.69) is 5.32 Å². The van der Waals surface area contributed by atoms with Crippen LogP contribution in [0.25, 0.3) is 0 Å². The van der Waals surface area contributed by atoms with Crippen LogP contribution in [0.5, 0.6) is 0 Å². The van der Waals surface area contributed by atoms with Gasteiger partial charge in [-0.1, -0.05) is 13.8 Å². The van der Waals surface area contributed by atoms with Gasteiger partial charge in [0.1, 0.15) is 17.0 Å². The summed E-state index contributed by atoms with van der Waals surface area (Å²) in [5.74, 6) is -4.98. The van der Waals surface area contributed by atoms with Gasteiger partial charge in [-0.3, -0.25) is 0 Å². The van der Waals surface area contributed by atoms with Gasteiger partial charge in [-0.2, -0.15) is 0 Å². The Kier molecular flexibility index (Phi) is 5.17. The molecule has 0 aliphatic carbocycles. The number of amides is 2. The number of hydrogen-bond acceptors (Lipinski definition) is 2. The fourth-order valence-corrected chi connectivity index (χ4v) is 1.81. The minimum atomic E-state index is -1.54. The molecule has 0 atom stereocenters. The Bertz CT molecular complexity index is 537. The molecule has 1 aromatic rings. The molecule has 0 heterocycles. The first-order valence-corrected chi connectivity index (χ1v) is 6.22. The minimum Gasteiger partial charge on any atom is -0.480 e. The molecule has 21 heavy (non-hydrogen) atoms. The summed E-state index contributed by atoms with van der Waals surface area (Å²) in [6, 6.07) is -0.281. The Balaban J connectivity index is 2.95. The molecular weight excluding hydrogens is 289 g/mol. The first-order chi connectivity index (χ1) is 9.75. The molecule has 8 heteroatoms. The van der Waals surface area contributed by atoms with Crippen molar-refractivity contribution in [2.75, 3.05) is 5.32 Å². The maximum atomic E-state index is 13.4. The molecule has 116 valence electrons. The van der Waals surface area contributed by atoms with Crippen LogP contribution in [0.4, 0.5) is 23.7 Å². The lowest BCUT2D eigenvalue weighted by Gasteiger charge is -2.28. The Morgan fingerprint density at radius 2 is 1.62 bits per heavy atom.